The van der Waals surface area contributed by atoms with Crippen molar-refractivity contribution in [1.29, 1.82) is 0 Å². The first-order chi connectivity index (χ1) is 7.84. The van der Waals surface area contributed by atoms with Crippen molar-refractivity contribution in [3.05, 3.63) is 28.8 Å². The van der Waals surface area contributed by atoms with Gasteiger partial charge in [0.05, 0.1) is 16.7 Å². The van der Waals surface area contributed by atoms with E-state index in [1.165, 1.54) is 12.1 Å². The average Bonchev–Trinajstić information content (AvgIpc) is 2.26. The van der Waals surface area contributed by atoms with Crippen molar-refractivity contribution in [2.75, 3.05) is 11.9 Å². The fourth-order valence-electron chi connectivity index (χ4n) is 1.23. The molecule has 1 unspecified atom stereocenters. The summed E-state index contributed by atoms with van der Waals surface area (Å²) in [6.45, 7) is 1.99. The molecule has 0 aliphatic rings. The molecule has 0 heterocycles. The Labute approximate surface area is 102 Å². The number of benzene rings is 1. The predicted molar refractivity (Wildman–Crippen MR) is 61.2 cm³/mol. The molecule has 0 fully saturated rings. The van der Waals surface area contributed by atoms with Crippen LogP contribution in [0.5, 0.6) is 0 Å². The van der Waals surface area contributed by atoms with Gasteiger partial charge in [-0.15, -0.1) is 0 Å². The zero-order valence-corrected chi connectivity index (χ0v) is 9.94. The molecule has 96 valence electrons. The second-order valence-corrected chi connectivity index (χ2v) is 4.04. The monoisotopic (exact) mass is 267 g/mol. The van der Waals surface area contributed by atoms with E-state index in [2.05, 4.69) is 5.32 Å². The number of hydrogen-bond donors (Lipinski definition) is 2. The Kier molecular flexibility index (Phi) is 4.65. The van der Waals surface area contributed by atoms with Gasteiger partial charge in [-0.2, -0.15) is 13.2 Å². The van der Waals surface area contributed by atoms with Crippen molar-refractivity contribution >= 4 is 17.3 Å². The molecular formula is C11H13ClF3NO. The molecule has 0 radical (unpaired) electrons. The molecule has 1 rings (SSSR count). The van der Waals surface area contributed by atoms with Crippen LogP contribution in [0.25, 0.3) is 0 Å². The molecule has 1 aromatic rings. The van der Waals surface area contributed by atoms with Crippen molar-refractivity contribution in [2.45, 2.75) is 25.6 Å². The van der Waals surface area contributed by atoms with Crippen molar-refractivity contribution in [3.63, 3.8) is 0 Å². The number of halogens is 4. The lowest BCUT2D eigenvalue weighted by Crippen LogP contribution is -2.18. The van der Waals surface area contributed by atoms with E-state index in [1.54, 1.807) is 6.92 Å². The van der Waals surface area contributed by atoms with Crippen LogP contribution >= 0.6 is 11.6 Å². The molecule has 2 nitrogen and oxygen atoms in total. The van der Waals surface area contributed by atoms with E-state index in [4.69, 9.17) is 11.6 Å². The van der Waals surface area contributed by atoms with Crippen LogP contribution in [0, 0.1) is 0 Å². The highest BCUT2D eigenvalue weighted by molar-refractivity contribution is 6.31. The van der Waals surface area contributed by atoms with E-state index >= 15 is 0 Å². The standard InChI is InChI=1S/C11H13ClF3NO/c1-2-8(17)6-16-7-3-4-10(12)9(5-7)11(13,14)15/h3-5,8,16-17H,2,6H2,1H3. The van der Waals surface area contributed by atoms with E-state index in [1.807, 2.05) is 0 Å². The van der Waals surface area contributed by atoms with E-state index < -0.39 is 17.8 Å². The highest BCUT2D eigenvalue weighted by Gasteiger charge is 2.33. The van der Waals surface area contributed by atoms with Crippen molar-refractivity contribution in [2.24, 2.45) is 0 Å². The normalized spacial score (nSPS) is 13.5. The lowest BCUT2D eigenvalue weighted by Gasteiger charge is -2.14. The third-order valence-electron chi connectivity index (χ3n) is 2.28. The summed E-state index contributed by atoms with van der Waals surface area (Å²) in [5.41, 5.74) is -0.593. The van der Waals surface area contributed by atoms with E-state index in [9.17, 15) is 18.3 Å². The second kappa shape index (κ2) is 5.60. The third-order valence-corrected chi connectivity index (χ3v) is 2.61. The summed E-state index contributed by atoms with van der Waals surface area (Å²) in [5.74, 6) is 0. The summed E-state index contributed by atoms with van der Waals surface area (Å²) < 4.78 is 37.6. The summed E-state index contributed by atoms with van der Waals surface area (Å²) >= 11 is 5.47. The number of alkyl halides is 3. The van der Waals surface area contributed by atoms with Crippen LogP contribution in [0.2, 0.25) is 5.02 Å². The molecule has 1 atom stereocenters. The second-order valence-electron chi connectivity index (χ2n) is 3.64. The molecule has 0 bridgehead atoms. The molecule has 0 saturated carbocycles. The molecule has 0 aliphatic carbocycles. The molecule has 0 aromatic heterocycles. The van der Waals surface area contributed by atoms with Crippen LogP contribution in [0.4, 0.5) is 18.9 Å². The zero-order valence-electron chi connectivity index (χ0n) is 9.18. The number of aliphatic hydroxyl groups excluding tert-OH is 1. The van der Waals surface area contributed by atoms with Crippen LogP contribution in [0.1, 0.15) is 18.9 Å². The summed E-state index contributed by atoms with van der Waals surface area (Å²) in [7, 11) is 0. The molecule has 0 aliphatic heterocycles. The maximum Gasteiger partial charge on any atom is 0.417 e. The number of nitrogens with one attached hydrogen (secondary N) is 1. The first kappa shape index (κ1) is 14.1. The number of aliphatic hydroxyl groups is 1. The van der Waals surface area contributed by atoms with Gasteiger partial charge < -0.3 is 10.4 Å². The summed E-state index contributed by atoms with van der Waals surface area (Å²) in [5, 5.41) is 11.7. The smallest absolute Gasteiger partial charge is 0.391 e. The maximum absolute atomic E-state index is 12.5. The van der Waals surface area contributed by atoms with Crippen LogP contribution in [0.15, 0.2) is 18.2 Å². The van der Waals surface area contributed by atoms with E-state index in [0.717, 1.165) is 6.07 Å². The highest BCUT2D eigenvalue weighted by Crippen LogP contribution is 2.36. The van der Waals surface area contributed by atoms with E-state index in [0.29, 0.717) is 6.42 Å². The van der Waals surface area contributed by atoms with Gasteiger partial charge in [0.25, 0.3) is 0 Å². The Balaban J connectivity index is 2.82. The SMILES string of the molecule is CCC(O)CNc1ccc(Cl)c(C(F)(F)F)c1. The molecule has 2 N–H and O–H groups in total. The van der Waals surface area contributed by atoms with E-state index in [-0.39, 0.29) is 17.3 Å². The van der Waals surface area contributed by atoms with Gasteiger partial charge in [0.2, 0.25) is 0 Å². The summed E-state index contributed by atoms with van der Waals surface area (Å²) in [6, 6.07) is 3.57. The van der Waals surface area contributed by atoms with Crippen molar-refractivity contribution in [3.8, 4) is 0 Å². The minimum Gasteiger partial charge on any atom is -0.391 e. The number of hydrogen-bond acceptors (Lipinski definition) is 2. The van der Waals surface area contributed by atoms with Crippen LogP contribution in [0.3, 0.4) is 0 Å². The van der Waals surface area contributed by atoms with Crippen LogP contribution in [-0.2, 0) is 6.18 Å². The van der Waals surface area contributed by atoms with Gasteiger partial charge in [-0.25, -0.2) is 0 Å². The van der Waals surface area contributed by atoms with Gasteiger partial charge in [0.15, 0.2) is 0 Å². The third kappa shape index (κ3) is 4.09. The first-order valence-corrected chi connectivity index (χ1v) is 5.51. The average molecular weight is 268 g/mol. The van der Waals surface area contributed by atoms with Gasteiger partial charge >= 0.3 is 6.18 Å². The fraction of sp³-hybridized carbons (Fsp3) is 0.455. The fourth-order valence-corrected chi connectivity index (χ4v) is 1.46. The number of anilines is 1. The Bertz CT molecular complexity index is 381. The maximum atomic E-state index is 12.5. The van der Waals surface area contributed by atoms with Gasteiger partial charge in [-0.05, 0) is 24.6 Å². The minimum atomic E-state index is -4.47. The van der Waals surface area contributed by atoms with Gasteiger partial charge in [0.1, 0.15) is 0 Å². The molecule has 1 aromatic carbocycles. The van der Waals surface area contributed by atoms with Gasteiger partial charge in [-0.3, -0.25) is 0 Å². The predicted octanol–water partition coefficient (Wildman–Crippen LogP) is 3.54. The number of rotatable bonds is 4. The molecule has 0 amide bonds. The Morgan fingerprint density at radius 3 is 2.59 bits per heavy atom. The lowest BCUT2D eigenvalue weighted by molar-refractivity contribution is -0.137. The summed E-state index contributed by atoms with van der Waals surface area (Å²) in [6.07, 6.45) is -4.52. The van der Waals surface area contributed by atoms with Crippen molar-refractivity contribution < 1.29 is 18.3 Å². The lowest BCUT2D eigenvalue weighted by atomic mass is 10.2. The molecule has 6 heteroatoms. The molecule has 17 heavy (non-hydrogen) atoms. The first-order valence-electron chi connectivity index (χ1n) is 5.13. The van der Waals surface area contributed by atoms with Crippen molar-refractivity contribution in [1.82, 2.24) is 0 Å². The van der Waals surface area contributed by atoms with Gasteiger partial charge in [0, 0.05) is 12.2 Å². The minimum absolute atomic E-state index is 0.204. The molecule has 0 saturated heterocycles. The Morgan fingerprint density at radius 1 is 1.41 bits per heavy atom. The Hall–Kier alpha value is -0.940. The summed E-state index contributed by atoms with van der Waals surface area (Å²) in [4.78, 5) is 0. The highest BCUT2D eigenvalue weighted by atomic mass is 35.5. The molecule has 0 spiro atoms. The van der Waals surface area contributed by atoms with Gasteiger partial charge in [-0.1, -0.05) is 18.5 Å². The quantitative estimate of drug-likeness (QED) is 0.874. The zero-order chi connectivity index (χ0) is 13.1. The Morgan fingerprint density at radius 2 is 2.06 bits per heavy atom. The largest absolute Gasteiger partial charge is 0.417 e. The van der Waals surface area contributed by atoms with Crippen LogP contribution < -0.4 is 5.32 Å². The molecular weight excluding hydrogens is 255 g/mol. The topological polar surface area (TPSA) is 32.3 Å². The van der Waals surface area contributed by atoms with Crippen LogP contribution in [-0.4, -0.2) is 17.8 Å².